The van der Waals surface area contributed by atoms with Crippen molar-refractivity contribution in [1.29, 1.82) is 0 Å². The van der Waals surface area contributed by atoms with Crippen molar-refractivity contribution < 1.29 is 18.3 Å². The number of halogens is 2. The first-order valence-corrected chi connectivity index (χ1v) is 12.6. The largest absolute Gasteiger partial charge is 0.461 e. The van der Waals surface area contributed by atoms with Gasteiger partial charge in [-0.25, -0.2) is 13.6 Å². The number of nitrogens with zero attached hydrogens (tertiary/aromatic N) is 2. The highest BCUT2D eigenvalue weighted by atomic mass is 28.1. The van der Waals surface area contributed by atoms with Crippen LogP contribution in [0.15, 0.2) is 54.7 Å². The van der Waals surface area contributed by atoms with Gasteiger partial charge < -0.3 is 9.30 Å². The van der Waals surface area contributed by atoms with E-state index in [9.17, 15) is 13.6 Å². The zero-order valence-electron chi connectivity index (χ0n) is 19.4. The van der Waals surface area contributed by atoms with Crippen LogP contribution in [0.3, 0.4) is 0 Å². The fourth-order valence-corrected chi connectivity index (χ4v) is 5.37. The minimum atomic E-state index is -0.647. The van der Waals surface area contributed by atoms with E-state index in [-0.39, 0.29) is 13.2 Å². The Labute approximate surface area is 200 Å². The number of fused-ring (bicyclic) bond motifs is 1. The third-order valence-electron chi connectivity index (χ3n) is 6.71. The summed E-state index contributed by atoms with van der Waals surface area (Å²) in [6, 6.07) is 13.6. The molecule has 1 aliphatic carbocycles. The molecule has 2 aromatic carbocycles. The second-order valence-corrected chi connectivity index (χ2v) is 9.95. The SMILES string of the molecule is CCOC(=O)c1c(-c2cccnc2[SiH3])c2cc([C@H]3C[C@H]3C)ccc2n1Cc1ccc(F)cc1F. The third kappa shape index (κ3) is 3.94. The quantitative estimate of drug-likeness (QED) is 0.308. The van der Waals surface area contributed by atoms with Crippen molar-refractivity contribution in [3.05, 3.63) is 83.2 Å². The van der Waals surface area contributed by atoms with Crippen LogP contribution in [0, 0.1) is 17.6 Å². The van der Waals surface area contributed by atoms with Gasteiger partial charge in [-0.05, 0) is 55.0 Å². The van der Waals surface area contributed by atoms with Gasteiger partial charge in [0.25, 0.3) is 0 Å². The van der Waals surface area contributed by atoms with Crippen LogP contribution in [-0.2, 0) is 11.3 Å². The van der Waals surface area contributed by atoms with Crippen molar-refractivity contribution in [3.8, 4) is 11.1 Å². The molecule has 7 heteroatoms. The van der Waals surface area contributed by atoms with Crippen molar-refractivity contribution in [2.75, 3.05) is 6.61 Å². The molecule has 0 aliphatic heterocycles. The highest BCUT2D eigenvalue weighted by Gasteiger charge is 2.35. The smallest absolute Gasteiger partial charge is 0.355 e. The minimum absolute atomic E-state index is 0.0761. The fraction of sp³-hybridized carbons (Fsp3) is 0.259. The standard InChI is InChI=1S/C27H26F2N2O2Si/c1-3-33-27(32)25-24(19-5-4-10-30-26(19)34)21-12-16(20-11-15(20)2)7-9-23(21)31(25)14-17-6-8-18(28)13-22(17)29/h4-10,12-13,15,20H,3,11,14H2,1-2,34H3/t15-,20+/m1/s1. The van der Waals surface area contributed by atoms with Crippen LogP contribution in [-0.4, -0.2) is 32.4 Å². The molecule has 4 nitrogen and oxygen atoms in total. The van der Waals surface area contributed by atoms with E-state index in [4.69, 9.17) is 4.74 Å². The third-order valence-corrected chi connectivity index (χ3v) is 7.51. The number of hydrogen-bond donors (Lipinski definition) is 0. The molecule has 0 bridgehead atoms. The molecule has 2 atom stereocenters. The molecular weight excluding hydrogens is 450 g/mol. The number of hydrogen-bond acceptors (Lipinski definition) is 3. The van der Waals surface area contributed by atoms with E-state index in [1.807, 2.05) is 18.2 Å². The summed E-state index contributed by atoms with van der Waals surface area (Å²) in [6.45, 7) is 4.29. The molecule has 2 aromatic heterocycles. The van der Waals surface area contributed by atoms with Crippen molar-refractivity contribution in [2.24, 2.45) is 5.92 Å². The van der Waals surface area contributed by atoms with E-state index in [0.717, 1.165) is 39.8 Å². The van der Waals surface area contributed by atoms with Gasteiger partial charge in [0, 0.05) is 45.2 Å². The maximum Gasteiger partial charge on any atom is 0.355 e. The number of pyridine rings is 1. The van der Waals surface area contributed by atoms with Gasteiger partial charge in [0.1, 0.15) is 17.3 Å². The molecular formula is C27H26F2N2O2Si. The topological polar surface area (TPSA) is 44.1 Å². The first-order chi connectivity index (χ1) is 16.4. The van der Waals surface area contributed by atoms with Gasteiger partial charge in [0.05, 0.1) is 23.4 Å². The molecule has 1 aliphatic rings. The summed E-state index contributed by atoms with van der Waals surface area (Å²) >= 11 is 0. The van der Waals surface area contributed by atoms with E-state index in [1.54, 1.807) is 17.7 Å². The highest BCUT2D eigenvalue weighted by Crippen LogP contribution is 2.48. The van der Waals surface area contributed by atoms with Gasteiger partial charge in [0.15, 0.2) is 0 Å². The van der Waals surface area contributed by atoms with Gasteiger partial charge in [-0.3, -0.25) is 4.98 Å². The minimum Gasteiger partial charge on any atom is -0.461 e. The summed E-state index contributed by atoms with van der Waals surface area (Å²) < 4.78 is 35.5. The monoisotopic (exact) mass is 476 g/mol. The molecule has 34 heavy (non-hydrogen) atoms. The van der Waals surface area contributed by atoms with Crippen LogP contribution in [0.25, 0.3) is 22.0 Å². The Morgan fingerprint density at radius 2 is 2.00 bits per heavy atom. The molecule has 5 rings (SSSR count). The lowest BCUT2D eigenvalue weighted by Crippen LogP contribution is -2.17. The first-order valence-electron chi connectivity index (χ1n) is 11.6. The van der Waals surface area contributed by atoms with Gasteiger partial charge in [-0.1, -0.05) is 25.1 Å². The number of carbonyl (C=O) groups excluding carboxylic acids is 1. The van der Waals surface area contributed by atoms with Crippen molar-refractivity contribution in [1.82, 2.24) is 9.55 Å². The fourth-order valence-electron chi connectivity index (χ4n) is 4.81. The Morgan fingerprint density at radius 1 is 1.21 bits per heavy atom. The van der Waals surface area contributed by atoms with Crippen LogP contribution in [0.2, 0.25) is 0 Å². The summed E-state index contributed by atoms with van der Waals surface area (Å²) in [5.41, 5.74) is 4.37. The van der Waals surface area contributed by atoms with Crippen LogP contribution >= 0.6 is 0 Å². The zero-order valence-corrected chi connectivity index (χ0v) is 21.4. The lowest BCUT2D eigenvalue weighted by Gasteiger charge is -2.13. The van der Waals surface area contributed by atoms with Gasteiger partial charge >= 0.3 is 5.97 Å². The molecule has 0 amide bonds. The molecule has 0 spiro atoms. The molecule has 0 unspecified atom stereocenters. The van der Waals surface area contributed by atoms with Crippen LogP contribution in [0.5, 0.6) is 0 Å². The second-order valence-electron chi connectivity index (χ2n) is 9.00. The number of esters is 1. The molecule has 174 valence electrons. The number of benzene rings is 2. The first kappa shape index (κ1) is 22.5. The molecule has 0 saturated heterocycles. The maximum absolute atomic E-state index is 14.7. The number of rotatable bonds is 6. The molecule has 0 N–H and O–H groups in total. The maximum atomic E-state index is 14.7. The van der Waals surface area contributed by atoms with Gasteiger partial charge in [0.2, 0.25) is 0 Å². The van der Waals surface area contributed by atoms with E-state index in [2.05, 4.69) is 24.0 Å². The predicted octanol–water partition coefficient (Wildman–Crippen LogP) is 4.32. The van der Waals surface area contributed by atoms with Crippen molar-refractivity contribution in [2.45, 2.75) is 32.7 Å². The summed E-state index contributed by atoms with van der Waals surface area (Å²) in [5, 5.41) is 1.84. The van der Waals surface area contributed by atoms with Crippen molar-refractivity contribution >= 4 is 32.4 Å². The lowest BCUT2D eigenvalue weighted by molar-refractivity contribution is 0.0516. The highest BCUT2D eigenvalue weighted by molar-refractivity contribution is 6.35. The Kier molecular flexibility index (Phi) is 5.81. The molecule has 4 aromatic rings. The average Bonchev–Trinajstić information content (AvgIpc) is 3.46. The molecule has 1 saturated carbocycles. The summed E-state index contributed by atoms with van der Waals surface area (Å²) in [4.78, 5) is 17.9. The Morgan fingerprint density at radius 3 is 2.68 bits per heavy atom. The number of aromatic nitrogens is 2. The summed E-state index contributed by atoms with van der Waals surface area (Å²) in [5.74, 6) is -0.614. The van der Waals surface area contributed by atoms with Gasteiger partial charge in [-0.15, -0.1) is 0 Å². The predicted molar refractivity (Wildman–Crippen MR) is 133 cm³/mol. The lowest BCUT2D eigenvalue weighted by atomic mass is 10.00. The van der Waals surface area contributed by atoms with E-state index < -0.39 is 17.6 Å². The molecule has 0 radical (unpaired) electrons. The number of ether oxygens (including phenoxy) is 1. The zero-order chi connectivity index (χ0) is 24.0. The van der Waals surface area contributed by atoms with Crippen LogP contribution in [0.4, 0.5) is 8.78 Å². The average molecular weight is 477 g/mol. The van der Waals surface area contributed by atoms with E-state index in [1.165, 1.54) is 17.7 Å². The van der Waals surface area contributed by atoms with Gasteiger partial charge in [-0.2, -0.15) is 0 Å². The van der Waals surface area contributed by atoms with E-state index in [0.29, 0.717) is 33.3 Å². The molecule has 1 fully saturated rings. The van der Waals surface area contributed by atoms with Crippen molar-refractivity contribution in [3.63, 3.8) is 0 Å². The molecule has 2 heterocycles. The second kappa shape index (κ2) is 8.80. The Bertz CT molecular complexity index is 1420. The number of carbonyl (C=O) groups is 1. The summed E-state index contributed by atoms with van der Waals surface area (Å²) in [7, 11) is 0.696. The Hall–Kier alpha value is -3.32. The summed E-state index contributed by atoms with van der Waals surface area (Å²) in [6.07, 6.45) is 2.90. The van der Waals surface area contributed by atoms with Crippen LogP contribution < -0.4 is 5.32 Å². The Balaban J connectivity index is 1.81. The van der Waals surface area contributed by atoms with Crippen LogP contribution in [0.1, 0.15) is 47.8 Å². The normalized spacial score (nSPS) is 17.3. The van der Waals surface area contributed by atoms with E-state index >= 15 is 0 Å².